The molecule has 2 heterocycles. The number of nitrogens with zero attached hydrogens (tertiary/aromatic N) is 4. The summed E-state index contributed by atoms with van der Waals surface area (Å²) < 4.78 is 1.80. The van der Waals surface area contributed by atoms with Crippen LogP contribution in [0.15, 0.2) is 30.5 Å². The SMILES string of the molecule is CC1CCCN(C(C)CNCc2cn(C)nc2-c2ccc([N+](=O)[O-])cc2)C1. The van der Waals surface area contributed by atoms with Gasteiger partial charge in [-0.1, -0.05) is 6.92 Å². The van der Waals surface area contributed by atoms with Crippen LogP contribution in [0.25, 0.3) is 11.3 Å². The highest BCUT2D eigenvalue weighted by atomic mass is 16.6. The van der Waals surface area contributed by atoms with Crippen LogP contribution in [0.3, 0.4) is 0 Å². The maximum absolute atomic E-state index is 10.8. The number of rotatable bonds is 7. The Morgan fingerprint density at radius 1 is 1.37 bits per heavy atom. The molecular formula is C20H29N5O2. The maximum Gasteiger partial charge on any atom is 0.269 e. The molecule has 1 aromatic heterocycles. The van der Waals surface area contributed by atoms with Crippen LogP contribution in [0, 0.1) is 16.0 Å². The Kier molecular flexibility index (Phi) is 6.23. The van der Waals surface area contributed by atoms with E-state index in [9.17, 15) is 10.1 Å². The van der Waals surface area contributed by atoms with Crippen LogP contribution in [-0.2, 0) is 13.6 Å². The molecule has 1 fully saturated rings. The Balaban J connectivity index is 1.61. The van der Waals surface area contributed by atoms with Crippen LogP contribution < -0.4 is 5.32 Å². The Morgan fingerprint density at radius 2 is 2.11 bits per heavy atom. The summed E-state index contributed by atoms with van der Waals surface area (Å²) >= 11 is 0. The molecule has 2 atom stereocenters. The van der Waals surface area contributed by atoms with Crippen molar-refractivity contribution in [2.75, 3.05) is 19.6 Å². The average molecular weight is 371 g/mol. The second kappa shape index (κ2) is 8.63. The lowest BCUT2D eigenvalue weighted by atomic mass is 9.99. The van der Waals surface area contributed by atoms with Crippen molar-refractivity contribution in [1.29, 1.82) is 0 Å². The fourth-order valence-electron chi connectivity index (χ4n) is 3.82. The molecule has 2 unspecified atom stereocenters. The van der Waals surface area contributed by atoms with E-state index in [1.165, 1.54) is 38.1 Å². The first-order valence-corrected chi connectivity index (χ1v) is 9.66. The van der Waals surface area contributed by atoms with Gasteiger partial charge in [-0.05, 0) is 44.4 Å². The standard InChI is InChI=1S/C20H29N5O2/c1-15-5-4-10-24(13-15)16(2)11-21-12-18-14-23(3)22-20(18)17-6-8-19(9-7-17)25(26)27/h6-9,14-16,21H,4-5,10-13H2,1-3H3. The number of benzene rings is 1. The molecule has 0 spiro atoms. The van der Waals surface area contributed by atoms with E-state index in [2.05, 4.69) is 29.2 Å². The number of likely N-dealkylation sites (tertiary alicyclic amines) is 1. The highest BCUT2D eigenvalue weighted by Crippen LogP contribution is 2.24. The van der Waals surface area contributed by atoms with Gasteiger partial charge in [0, 0.05) is 62.2 Å². The van der Waals surface area contributed by atoms with Crippen LogP contribution in [0.5, 0.6) is 0 Å². The van der Waals surface area contributed by atoms with Crippen molar-refractivity contribution in [3.8, 4) is 11.3 Å². The summed E-state index contributed by atoms with van der Waals surface area (Å²) in [6, 6.07) is 7.10. The normalized spacial score (nSPS) is 19.1. The first-order chi connectivity index (χ1) is 12.9. The number of nitrogens with one attached hydrogen (secondary N) is 1. The Hall–Kier alpha value is -2.25. The average Bonchev–Trinajstić information content (AvgIpc) is 3.02. The lowest BCUT2D eigenvalue weighted by Gasteiger charge is -2.35. The predicted molar refractivity (Wildman–Crippen MR) is 106 cm³/mol. The van der Waals surface area contributed by atoms with Crippen LogP contribution in [0.4, 0.5) is 5.69 Å². The van der Waals surface area contributed by atoms with Gasteiger partial charge in [0.15, 0.2) is 0 Å². The second-order valence-electron chi connectivity index (χ2n) is 7.70. The van der Waals surface area contributed by atoms with Gasteiger partial charge in [-0.15, -0.1) is 0 Å². The van der Waals surface area contributed by atoms with Gasteiger partial charge in [0.05, 0.1) is 10.6 Å². The third kappa shape index (κ3) is 4.93. The zero-order chi connectivity index (χ0) is 19.4. The van der Waals surface area contributed by atoms with E-state index in [0.29, 0.717) is 6.04 Å². The highest BCUT2D eigenvalue weighted by Gasteiger charge is 2.20. The number of piperidine rings is 1. The molecule has 0 radical (unpaired) electrons. The van der Waals surface area contributed by atoms with Crippen molar-refractivity contribution in [2.24, 2.45) is 13.0 Å². The molecule has 0 saturated carbocycles. The van der Waals surface area contributed by atoms with Crippen molar-refractivity contribution in [3.63, 3.8) is 0 Å². The van der Waals surface area contributed by atoms with E-state index in [0.717, 1.165) is 35.8 Å². The molecule has 27 heavy (non-hydrogen) atoms. The summed E-state index contributed by atoms with van der Waals surface area (Å²) in [6.45, 7) is 8.65. The van der Waals surface area contributed by atoms with Crippen LogP contribution in [0.1, 0.15) is 32.3 Å². The van der Waals surface area contributed by atoms with Gasteiger partial charge in [0.2, 0.25) is 0 Å². The van der Waals surface area contributed by atoms with Gasteiger partial charge >= 0.3 is 0 Å². The first-order valence-electron chi connectivity index (χ1n) is 9.66. The quantitative estimate of drug-likeness (QED) is 0.597. The molecular weight excluding hydrogens is 342 g/mol. The Bertz CT molecular complexity index is 771. The van der Waals surface area contributed by atoms with Gasteiger partial charge in [-0.25, -0.2) is 0 Å². The number of aromatic nitrogens is 2. The topological polar surface area (TPSA) is 76.2 Å². The summed E-state index contributed by atoms with van der Waals surface area (Å²) in [5.74, 6) is 0.785. The monoisotopic (exact) mass is 371 g/mol. The minimum absolute atomic E-state index is 0.0962. The minimum atomic E-state index is -0.381. The molecule has 7 nitrogen and oxygen atoms in total. The van der Waals surface area contributed by atoms with Crippen molar-refractivity contribution >= 4 is 5.69 Å². The Labute approximate surface area is 160 Å². The van der Waals surface area contributed by atoms with E-state index in [1.807, 2.05) is 13.2 Å². The molecule has 1 aromatic carbocycles. The van der Waals surface area contributed by atoms with Crippen LogP contribution in [-0.4, -0.2) is 45.3 Å². The largest absolute Gasteiger partial charge is 0.311 e. The fraction of sp³-hybridized carbons (Fsp3) is 0.550. The van der Waals surface area contributed by atoms with Gasteiger partial charge in [-0.2, -0.15) is 5.10 Å². The van der Waals surface area contributed by atoms with E-state index in [1.54, 1.807) is 16.8 Å². The zero-order valence-electron chi connectivity index (χ0n) is 16.4. The number of nitro groups is 1. The third-order valence-corrected chi connectivity index (χ3v) is 5.32. The smallest absolute Gasteiger partial charge is 0.269 e. The molecule has 0 aliphatic carbocycles. The number of nitro benzene ring substituents is 1. The lowest BCUT2D eigenvalue weighted by Crippen LogP contribution is -2.45. The van der Waals surface area contributed by atoms with Crippen molar-refractivity contribution in [1.82, 2.24) is 20.0 Å². The summed E-state index contributed by atoms with van der Waals surface area (Å²) in [6.07, 6.45) is 4.64. The van der Waals surface area contributed by atoms with Crippen molar-refractivity contribution in [3.05, 3.63) is 46.1 Å². The highest BCUT2D eigenvalue weighted by molar-refractivity contribution is 5.64. The van der Waals surface area contributed by atoms with E-state index in [4.69, 9.17) is 0 Å². The maximum atomic E-state index is 10.8. The van der Waals surface area contributed by atoms with Crippen LogP contribution >= 0.6 is 0 Å². The lowest BCUT2D eigenvalue weighted by molar-refractivity contribution is -0.384. The summed E-state index contributed by atoms with van der Waals surface area (Å²) in [4.78, 5) is 13.0. The molecule has 1 aliphatic heterocycles. The second-order valence-corrected chi connectivity index (χ2v) is 7.70. The molecule has 1 saturated heterocycles. The zero-order valence-corrected chi connectivity index (χ0v) is 16.4. The number of non-ortho nitro benzene ring substituents is 1. The molecule has 3 rings (SSSR count). The molecule has 1 aliphatic rings. The molecule has 0 amide bonds. The fourth-order valence-corrected chi connectivity index (χ4v) is 3.82. The van der Waals surface area contributed by atoms with Crippen molar-refractivity contribution in [2.45, 2.75) is 39.3 Å². The van der Waals surface area contributed by atoms with Crippen molar-refractivity contribution < 1.29 is 4.92 Å². The van der Waals surface area contributed by atoms with Gasteiger partial charge in [0.1, 0.15) is 0 Å². The van der Waals surface area contributed by atoms with Gasteiger partial charge in [-0.3, -0.25) is 19.7 Å². The molecule has 1 N–H and O–H groups in total. The van der Waals surface area contributed by atoms with E-state index in [-0.39, 0.29) is 10.6 Å². The summed E-state index contributed by atoms with van der Waals surface area (Å²) in [5, 5.41) is 19.0. The van der Waals surface area contributed by atoms with Crippen LogP contribution in [0.2, 0.25) is 0 Å². The minimum Gasteiger partial charge on any atom is -0.311 e. The molecule has 2 aromatic rings. The summed E-state index contributed by atoms with van der Waals surface area (Å²) in [7, 11) is 1.90. The Morgan fingerprint density at radius 3 is 2.78 bits per heavy atom. The number of hydrogen-bond donors (Lipinski definition) is 1. The molecule has 7 heteroatoms. The third-order valence-electron chi connectivity index (χ3n) is 5.32. The first kappa shape index (κ1) is 19.5. The van der Waals surface area contributed by atoms with Gasteiger partial charge < -0.3 is 5.32 Å². The van der Waals surface area contributed by atoms with Gasteiger partial charge in [0.25, 0.3) is 5.69 Å². The van der Waals surface area contributed by atoms with E-state index < -0.39 is 0 Å². The molecule has 0 bridgehead atoms. The molecule has 146 valence electrons. The predicted octanol–water partition coefficient (Wildman–Crippen LogP) is 3.21. The number of aryl methyl sites for hydroxylation is 1. The summed E-state index contributed by atoms with van der Waals surface area (Å²) in [5.41, 5.74) is 2.97. The van der Waals surface area contributed by atoms with E-state index >= 15 is 0 Å². The number of hydrogen-bond acceptors (Lipinski definition) is 5.